The Bertz CT molecular complexity index is 851. The van der Waals surface area contributed by atoms with Gasteiger partial charge in [-0.1, -0.05) is 0 Å². The molecule has 30 heavy (non-hydrogen) atoms. The molecule has 0 bridgehead atoms. The van der Waals surface area contributed by atoms with Crippen LogP contribution < -0.4 is 15.0 Å². The summed E-state index contributed by atoms with van der Waals surface area (Å²) in [4.78, 5) is 9.58. The molecule has 1 N–H and O–H groups in total. The van der Waals surface area contributed by atoms with Gasteiger partial charge in [0.2, 0.25) is 11.8 Å². The van der Waals surface area contributed by atoms with Crippen LogP contribution in [0.25, 0.3) is 0 Å². The summed E-state index contributed by atoms with van der Waals surface area (Å²) in [5.74, 6) is -0.581. The Hall–Kier alpha value is -2.17. The predicted octanol–water partition coefficient (Wildman–Crippen LogP) is 3.81. The van der Waals surface area contributed by atoms with Crippen LogP contribution in [0, 0.1) is 5.82 Å². The van der Waals surface area contributed by atoms with E-state index in [-0.39, 0.29) is 35.6 Å². The third-order valence-corrected chi connectivity index (χ3v) is 5.11. The van der Waals surface area contributed by atoms with Crippen molar-refractivity contribution in [1.29, 1.82) is 0 Å². The highest BCUT2D eigenvalue weighted by Crippen LogP contribution is 2.34. The molecule has 0 saturated carbocycles. The summed E-state index contributed by atoms with van der Waals surface area (Å²) in [5.41, 5.74) is -1.38. The van der Waals surface area contributed by atoms with Crippen molar-refractivity contribution >= 4 is 18.4 Å². The van der Waals surface area contributed by atoms with Crippen LogP contribution in [-0.4, -0.2) is 48.4 Å². The SMILES string of the molecule is Cl.Fc1ccc(Oc2cc(C(F)(F)F)nc(N3CCC4(CC3)CNCCO4)n2)cc1. The first kappa shape index (κ1) is 22.5. The second-order valence-electron chi connectivity index (χ2n) is 7.14. The van der Waals surface area contributed by atoms with Crippen LogP contribution in [0.5, 0.6) is 11.6 Å². The second-order valence-corrected chi connectivity index (χ2v) is 7.14. The molecular formula is C19H21ClF4N4O2. The number of ether oxygens (including phenoxy) is 2. The van der Waals surface area contributed by atoms with Crippen molar-refractivity contribution in [3.8, 4) is 11.6 Å². The van der Waals surface area contributed by atoms with Gasteiger partial charge in [0.15, 0.2) is 5.69 Å². The smallest absolute Gasteiger partial charge is 0.433 e. The molecule has 1 aromatic carbocycles. The van der Waals surface area contributed by atoms with Crippen molar-refractivity contribution < 1.29 is 27.0 Å². The van der Waals surface area contributed by atoms with Gasteiger partial charge in [0.1, 0.15) is 11.6 Å². The van der Waals surface area contributed by atoms with Crippen LogP contribution in [0.2, 0.25) is 0 Å². The summed E-state index contributed by atoms with van der Waals surface area (Å²) < 4.78 is 64.5. The lowest BCUT2D eigenvalue weighted by Gasteiger charge is -2.44. The van der Waals surface area contributed by atoms with Crippen LogP contribution in [0.15, 0.2) is 30.3 Å². The summed E-state index contributed by atoms with van der Waals surface area (Å²) in [6.07, 6.45) is -3.33. The van der Waals surface area contributed by atoms with Gasteiger partial charge in [-0.3, -0.25) is 0 Å². The molecule has 0 radical (unpaired) electrons. The van der Waals surface area contributed by atoms with Crippen LogP contribution in [0.1, 0.15) is 18.5 Å². The molecule has 2 aliphatic rings. The fraction of sp³-hybridized carbons (Fsp3) is 0.474. The zero-order valence-electron chi connectivity index (χ0n) is 15.9. The summed E-state index contributed by atoms with van der Waals surface area (Å²) in [5, 5.41) is 3.30. The number of nitrogens with zero attached hydrogens (tertiary/aromatic N) is 3. The highest BCUT2D eigenvalue weighted by atomic mass is 35.5. The van der Waals surface area contributed by atoms with Gasteiger partial charge in [-0.05, 0) is 37.1 Å². The van der Waals surface area contributed by atoms with E-state index >= 15 is 0 Å². The van der Waals surface area contributed by atoms with Crippen molar-refractivity contribution in [3.63, 3.8) is 0 Å². The summed E-state index contributed by atoms with van der Waals surface area (Å²) in [6, 6.07) is 5.70. The molecule has 1 aromatic heterocycles. The normalized spacial score (nSPS) is 18.7. The van der Waals surface area contributed by atoms with Crippen molar-refractivity contribution in [1.82, 2.24) is 15.3 Å². The van der Waals surface area contributed by atoms with Crippen LogP contribution >= 0.6 is 12.4 Å². The van der Waals surface area contributed by atoms with Crippen LogP contribution in [-0.2, 0) is 10.9 Å². The van der Waals surface area contributed by atoms with E-state index in [4.69, 9.17) is 9.47 Å². The number of hydrogen-bond acceptors (Lipinski definition) is 6. The maximum Gasteiger partial charge on any atom is 0.433 e. The highest BCUT2D eigenvalue weighted by molar-refractivity contribution is 5.85. The molecule has 2 fully saturated rings. The van der Waals surface area contributed by atoms with Gasteiger partial charge >= 0.3 is 6.18 Å². The minimum absolute atomic E-state index is 0. The Morgan fingerprint density at radius 3 is 2.40 bits per heavy atom. The number of anilines is 1. The van der Waals surface area contributed by atoms with E-state index in [1.54, 1.807) is 4.90 Å². The molecule has 0 unspecified atom stereocenters. The van der Waals surface area contributed by atoms with Crippen molar-refractivity contribution in [3.05, 3.63) is 41.8 Å². The number of nitrogens with one attached hydrogen (secondary N) is 1. The van der Waals surface area contributed by atoms with Gasteiger partial charge in [0.25, 0.3) is 0 Å². The van der Waals surface area contributed by atoms with Gasteiger partial charge in [-0.15, -0.1) is 12.4 Å². The maximum absolute atomic E-state index is 13.4. The molecule has 6 nitrogen and oxygen atoms in total. The number of benzene rings is 1. The quantitative estimate of drug-likeness (QED) is 0.721. The van der Waals surface area contributed by atoms with E-state index in [9.17, 15) is 17.6 Å². The molecule has 1 spiro atoms. The molecule has 3 heterocycles. The molecule has 0 atom stereocenters. The second kappa shape index (κ2) is 8.91. The highest BCUT2D eigenvalue weighted by Gasteiger charge is 2.39. The van der Waals surface area contributed by atoms with E-state index in [2.05, 4.69) is 15.3 Å². The van der Waals surface area contributed by atoms with Gasteiger partial charge in [-0.25, -0.2) is 9.37 Å². The Morgan fingerprint density at radius 2 is 1.80 bits per heavy atom. The predicted molar refractivity (Wildman–Crippen MR) is 104 cm³/mol. The summed E-state index contributed by atoms with van der Waals surface area (Å²) >= 11 is 0. The van der Waals surface area contributed by atoms with E-state index in [1.165, 1.54) is 12.1 Å². The average molecular weight is 449 g/mol. The minimum Gasteiger partial charge on any atom is -0.439 e. The minimum atomic E-state index is -4.65. The van der Waals surface area contributed by atoms with Crippen molar-refractivity contribution in [2.75, 3.05) is 37.7 Å². The first-order valence-corrected chi connectivity index (χ1v) is 9.32. The Balaban J connectivity index is 0.00000256. The number of piperidine rings is 1. The molecule has 2 saturated heterocycles. The number of aromatic nitrogens is 2. The monoisotopic (exact) mass is 448 g/mol. The number of halogens is 5. The van der Waals surface area contributed by atoms with Crippen LogP contribution in [0.4, 0.5) is 23.5 Å². The zero-order valence-corrected chi connectivity index (χ0v) is 16.7. The zero-order chi connectivity index (χ0) is 20.5. The molecular weight excluding hydrogens is 428 g/mol. The standard InChI is InChI=1S/C19H20F4N4O2.ClH/c20-13-1-3-14(4-2-13)29-16-11-15(19(21,22)23)25-17(26-16)27-8-5-18(6-9-27)12-24-7-10-28-18;/h1-4,11,24H,5-10,12H2;1H. The number of alkyl halides is 3. The summed E-state index contributed by atoms with van der Waals surface area (Å²) in [7, 11) is 0. The molecule has 2 aromatic rings. The van der Waals surface area contributed by atoms with Crippen molar-refractivity contribution in [2.24, 2.45) is 0 Å². The molecule has 164 valence electrons. The topological polar surface area (TPSA) is 59.5 Å². The molecule has 11 heteroatoms. The lowest BCUT2D eigenvalue weighted by Crippen LogP contribution is -2.55. The van der Waals surface area contributed by atoms with Gasteiger partial charge in [0.05, 0.1) is 12.2 Å². The molecule has 0 aliphatic carbocycles. The average Bonchev–Trinajstić information content (AvgIpc) is 2.70. The Labute approximate surface area is 177 Å². The summed E-state index contributed by atoms with van der Waals surface area (Å²) in [6.45, 7) is 3.09. The first-order valence-electron chi connectivity index (χ1n) is 9.32. The maximum atomic E-state index is 13.4. The van der Waals surface area contributed by atoms with E-state index in [0.29, 0.717) is 32.5 Å². The van der Waals surface area contributed by atoms with Crippen LogP contribution in [0.3, 0.4) is 0 Å². The van der Waals surface area contributed by atoms with E-state index < -0.39 is 17.7 Å². The van der Waals surface area contributed by atoms with Gasteiger partial charge in [-0.2, -0.15) is 18.2 Å². The van der Waals surface area contributed by atoms with E-state index in [0.717, 1.165) is 31.3 Å². The Kier molecular flexibility index (Phi) is 6.68. The lowest BCUT2D eigenvalue weighted by atomic mass is 9.90. The fourth-order valence-electron chi connectivity index (χ4n) is 3.52. The van der Waals surface area contributed by atoms with Crippen molar-refractivity contribution in [2.45, 2.75) is 24.6 Å². The third-order valence-electron chi connectivity index (χ3n) is 5.11. The molecule has 0 amide bonds. The number of morpholine rings is 1. The van der Waals surface area contributed by atoms with Gasteiger partial charge in [0, 0.05) is 32.2 Å². The Morgan fingerprint density at radius 1 is 1.10 bits per heavy atom. The molecule has 2 aliphatic heterocycles. The lowest BCUT2D eigenvalue weighted by molar-refractivity contribution is -0.141. The number of rotatable bonds is 3. The number of hydrogen-bond donors (Lipinski definition) is 1. The fourth-order valence-corrected chi connectivity index (χ4v) is 3.52. The first-order chi connectivity index (χ1) is 13.8. The third kappa shape index (κ3) is 5.11. The van der Waals surface area contributed by atoms with E-state index in [1.807, 2.05) is 0 Å². The van der Waals surface area contributed by atoms with Gasteiger partial charge < -0.3 is 19.7 Å². The molecule has 4 rings (SSSR count). The largest absolute Gasteiger partial charge is 0.439 e.